The number of nitrogens with two attached hydrogens (primary N) is 1. The zero-order valence-electron chi connectivity index (χ0n) is 11.3. The summed E-state index contributed by atoms with van der Waals surface area (Å²) in [5.41, 5.74) is 4.83. The number of nitro benzene ring substituents is 1. The van der Waals surface area contributed by atoms with Gasteiger partial charge in [0.25, 0.3) is 5.69 Å². The number of sulfonamides is 1. The van der Waals surface area contributed by atoms with Gasteiger partial charge in [0.15, 0.2) is 0 Å². The highest BCUT2D eigenvalue weighted by molar-refractivity contribution is 7.89. The maximum absolute atomic E-state index is 11.9. The summed E-state index contributed by atoms with van der Waals surface area (Å²) in [6.45, 7) is 2.14. The van der Waals surface area contributed by atoms with Crippen molar-refractivity contribution in [3.05, 3.63) is 28.3 Å². The summed E-state index contributed by atoms with van der Waals surface area (Å²) in [7, 11) is -3.87. The molecule has 0 heterocycles. The highest BCUT2D eigenvalue weighted by Gasteiger charge is 2.19. The molecule has 0 saturated carbocycles. The molecule has 1 aromatic rings. The first-order valence-electron chi connectivity index (χ1n) is 6.08. The van der Waals surface area contributed by atoms with Crippen LogP contribution in [0.25, 0.3) is 0 Å². The molecule has 0 unspecified atom stereocenters. The molecule has 1 amide bonds. The van der Waals surface area contributed by atoms with Crippen LogP contribution in [-0.2, 0) is 14.8 Å². The zero-order valence-corrected chi connectivity index (χ0v) is 12.1. The summed E-state index contributed by atoms with van der Waals surface area (Å²) in [5, 5.41) is 13.1. The molecule has 0 saturated heterocycles. The molecule has 116 valence electrons. The van der Waals surface area contributed by atoms with Crippen molar-refractivity contribution in [2.45, 2.75) is 18.2 Å². The number of hydrogen-bond acceptors (Lipinski definition) is 6. The largest absolute Gasteiger partial charge is 0.393 e. The lowest BCUT2D eigenvalue weighted by atomic mass is 10.3. The second kappa shape index (κ2) is 6.99. The number of nitrogens with zero attached hydrogens (tertiary/aromatic N) is 1. The molecule has 1 rings (SSSR count). The maximum Gasteiger partial charge on any atom is 0.292 e. The van der Waals surface area contributed by atoms with Crippen LogP contribution >= 0.6 is 0 Å². The van der Waals surface area contributed by atoms with Gasteiger partial charge in [-0.25, -0.2) is 13.1 Å². The van der Waals surface area contributed by atoms with Gasteiger partial charge in [0.1, 0.15) is 5.69 Å². The minimum absolute atomic E-state index is 0.00443. The van der Waals surface area contributed by atoms with Gasteiger partial charge in [0.2, 0.25) is 15.9 Å². The van der Waals surface area contributed by atoms with Gasteiger partial charge in [-0.05, 0) is 19.1 Å². The third-order valence-corrected chi connectivity index (χ3v) is 3.98. The molecule has 0 bridgehead atoms. The summed E-state index contributed by atoms with van der Waals surface area (Å²) in [6, 6.07) is 3.11. The number of carbonyl (C=O) groups is 1. The van der Waals surface area contributed by atoms with E-state index in [9.17, 15) is 23.3 Å². The van der Waals surface area contributed by atoms with Crippen LogP contribution in [0.3, 0.4) is 0 Å². The van der Waals surface area contributed by atoms with Gasteiger partial charge in [0.05, 0.1) is 9.82 Å². The van der Waals surface area contributed by atoms with Crippen molar-refractivity contribution in [1.29, 1.82) is 0 Å². The fourth-order valence-corrected chi connectivity index (χ4v) is 2.60. The minimum atomic E-state index is -3.87. The Balaban J connectivity index is 2.77. The van der Waals surface area contributed by atoms with E-state index in [2.05, 4.69) is 10.0 Å². The fraction of sp³-hybridized carbons (Fsp3) is 0.364. The van der Waals surface area contributed by atoms with E-state index in [4.69, 9.17) is 5.73 Å². The first-order chi connectivity index (χ1) is 9.77. The third-order valence-electron chi connectivity index (χ3n) is 2.52. The van der Waals surface area contributed by atoms with Gasteiger partial charge >= 0.3 is 0 Å². The SMILES string of the molecule is CCNC(=O)CCNS(=O)(=O)c1ccc([N+](=O)[O-])c(N)c1. The van der Waals surface area contributed by atoms with Gasteiger partial charge in [-0.1, -0.05) is 0 Å². The first-order valence-corrected chi connectivity index (χ1v) is 7.56. The number of benzene rings is 1. The number of hydrogen-bond donors (Lipinski definition) is 3. The summed E-state index contributed by atoms with van der Waals surface area (Å²) in [6.07, 6.45) is -0.00443. The van der Waals surface area contributed by atoms with Gasteiger partial charge in [-0.3, -0.25) is 14.9 Å². The number of nitro groups is 1. The Kier molecular flexibility index (Phi) is 5.61. The Morgan fingerprint density at radius 1 is 1.43 bits per heavy atom. The van der Waals surface area contributed by atoms with Crippen LogP contribution in [-0.4, -0.2) is 32.3 Å². The van der Waals surface area contributed by atoms with E-state index in [1.165, 1.54) is 0 Å². The van der Waals surface area contributed by atoms with Crippen molar-refractivity contribution in [2.75, 3.05) is 18.8 Å². The normalized spacial score (nSPS) is 11.1. The quantitative estimate of drug-likeness (QED) is 0.366. The highest BCUT2D eigenvalue weighted by Crippen LogP contribution is 2.24. The lowest BCUT2D eigenvalue weighted by molar-refractivity contribution is -0.383. The molecule has 0 radical (unpaired) electrons. The summed E-state index contributed by atoms with van der Waals surface area (Å²) < 4.78 is 26.1. The smallest absolute Gasteiger partial charge is 0.292 e. The molecule has 21 heavy (non-hydrogen) atoms. The van der Waals surface area contributed by atoms with Crippen LogP contribution in [0.4, 0.5) is 11.4 Å². The number of amides is 1. The molecule has 0 aromatic heterocycles. The molecular formula is C11H16N4O5S. The summed E-state index contributed by atoms with van der Waals surface area (Å²) in [5.74, 6) is -0.275. The topological polar surface area (TPSA) is 144 Å². The molecule has 0 fully saturated rings. The standard InChI is InChI=1S/C11H16N4O5S/c1-2-13-11(16)5-6-14-21(19,20)8-3-4-10(15(17)18)9(12)7-8/h3-4,7,14H,2,5-6,12H2,1H3,(H,13,16). The Morgan fingerprint density at radius 2 is 2.10 bits per heavy atom. The number of nitrogen functional groups attached to an aromatic ring is 1. The van der Waals surface area contributed by atoms with Gasteiger partial charge in [0, 0.05) is 25.6 Å². The molecule has 0 aliphatic heterocycles. The maximum atomic E-state index is 11.9. The van der Waals surface area contributed by atoms with Crippen molar-refractivity contribution in [1.82, 2.24) is 10.0 Å². The predicted molar refractivity (Wildman–Crippen MR) is 76.0 cm³/mol. The van der Waals surface area contributed by atoms with E-state index in [-0.39, 0.29) is 35.1 Å². The third kappa shape index (κ3) is 4.68. The molecule has 0 atom stereocenters. The lowest BCUT2D eigenvalue weighted by Gasteiger charge is -2.07. The molecular weight excluding hydrogens is 300 g/mol. The van der Waals surface area contributed by atoms with Crippen LogP contribution in [0.5, 0.6) is 0 Å². The fourth-order valence-electron chi connectivity index (χ4n) is 1.53. The van der Waals surface area contributed by atoms with Gasteiger partial charge in [-0.2, -0.15) is 0 Å². The number of anilines is 1. The van der Waals surface area contributed by atoms with E-state index in [0.717, 1.165) is 18.2 Å². The van der Waals surface area contributed by atoms with Gasteiger partial charge in [-0.15, -0.1) is 0 Å². The Bertz CT molecular complexity index is 644. The second-order valence-electron chi connectivity index (χ2n) is 4.08. The second-order valence-corrected chi connectivity index (χ2v) is 5.85. The average molecular weight is 316 g/mol. The highest BCUT2D eigenvalue weighted by atomic mass is 32.2. The Morgan fingerprint density at radius 3 is 2.62 bits per heavy atom. The molecule has 9 nitrogen and oxygen atoms in total. The van der Waals surface area contributed by atoms with Crippen LogP contribution in [0.15, 0.2) is 23.1 Å². The molecule has 0 spiro atoms. The van der Waals surface area contributed by atoms with Crippen LogP contribution < -0.4 is 15.8 Å². The Labute approximate surface area is 121 Å². The van der Waals surface area contributed by atoms with Crippen molar-refractivity contribution >= 4 is 27.3 Å². The van der Waals surface area contributed by atoms with E-state index in [1.54, 1.807) is 6.92 Å². The zero-order chi connectivity index (χ0) is 16.0. The van der Waals surface area contributed by atoms with E-state index < -0.39 is 14.9 Å². The first kappa shape index (κ1) is 16.9. The van der Waals surface area contributed by atoms with Crippen molar-refractivity contribution in [3.8, 4) is 0 Å². The number of carbonyl (C=O) groups excluding carboxylic acids is 1. The molecule has 1 aromatic carbocycles. The molecule has 10 heteroatoms. The summed E-state index contributed by atoms with van der Waals surface area (Å²) in [4.78, 5) is 20.9. The van der Waals surface area contributed by atoms with E-state index in [0.29, 0.717) is 6.54 Å². The minimum Gasteiger partial charge on any atom is -0.393 e. The lowest BCUT2D eigenvalue weighted by Crippen LogP contribution is -2.30. The van der Waals surface area contributed by atoms with Crippen LogP contribution in [0.2, 0.25) is 0 Å². The van der Waals surface area contributed by atoms with Crippen LogP contribution in [0.1, 0.15) is 13.3 Å². The number of nitrogens with one attached hydrogen (secondary N) is 2. The average Bonchev–Trinajstić information content (AvgIpc) is 2.38. The van der Waals surface area contributed by atoms with Crippen LogP contribution in [0, 0.1) is 10.1 Å². The molecule has 4 N–H and O–H groups in total. The van der Waals surface area contributed by atoms with E-state index >= 15 is 0 Å². The summed E-state index contributed by atoms with van der Waals surface area (Å²) >= 11 is 0. The monoisotopic (exact) mass is 316 g/mol. The molecule has 0 aliphatic carbocycles. The van der Waals surface area contributed by atoms with Crippen molar-refractivity contribution in [3.63, 3.8) is 0 Å². The predicted octanol–water partition coefficient (Wildman–Crippen LogP) is -0.0185. The van der Waals surface area contributed by atoms with Crippen molar-refractivity contribution in [2.24, 2.45) is 0 Å². The van der Waals surface area contributed by atoms with E-state index in [1.807, 2.05) is 0 Å². The Hall–Kier alpha value is -2.20. The van der Waals surface area contributed by atoms with Crippen molar-refractivity contribution < 1.29 is 18.1 Å². The number of rotatable bonds is 7. The van der Waals surface area contributed by atoms with Gasteiger partial charge < -0.3 is 11.1 Å². The molecule has 0 aliphatic rings.